The van der Waals surface area contributed by atoms with Crippen molar-refractivity contribution in [3.63, 3.8) is 0 Å². The normalized spacial score (nSPS) is 26.6. The number of aliphatic hydroxyl groups is 1. The Labute approximate surface area is 258 Å². The minimum atomic E-state index is -3.44. The molecule has 1 aromatic carbocycles. The van der Waals surface area contributed by atoms with Crippen LogP contribution in [0.5, 0.6) is 0 Å². The van der Waals surface area contributed by atoms with Gasteiger partial charge in [0.05, 0.1) is 21.8 Å². The predicted molar refractivity (Wildman–Crippen MR) is 170 cm³/mol. The Bertz CT molecular complexity index is 1660. The number of hydrogen-bond acceptors (Lipinski definition) is 10. The van der Waals surface area contributed by atoms with Gasteiger partial charge in [0.15, 0.2) is 9.84 Å². The highest BCUT2D eigenvalue weighted by atomic mass is 32.2. The van der Waals surface area contributed by atoms with Gasteiger partial charge in [0, 0.05) is 48.5 Å². The van der Waals surface area contributed by atoms with Gasteiger partial charge in [-0.15, -0.1) is 0 Å². The average molecular weight is 622 g/mol. The maximum absolute atomic E-state index is 13.5. The van der Waals surface area contributed by atoms with E-state index in [2.05, 4.69) is 30.4 Å². The number of anilines is 2. The van der Waals surface area contributed by atoms with Crippen LogP contribution in [-0.2, 0) is 9.84 Å². The van der Waals surface area contributed by atoms with Gasteiger partial charge in [-0.3, -0.25) is 19.2 Å². The monoisotopic (exact) mass is 621 g/mol. The molecule has 3 aromatic rings. The number of sulfone groups is 1. The molecule has 2 atom stereocenters. The molecule has 2 aromatic heterocycles. The molecule has 3 N–H and O–H groups in total. The molecule has 0 unspecified atom stereocenters. The number of fused-ring (bicyclic) bond motifs is 1. The average Bonchev–Trinajstić information content (AvgIpc) is 3.35. The van der Waals surface area contributed by atoms with Crippen LogP contribution in [0.15, 0.2) is 52.3 Å². The largest absolute Gasteiger partial charge is 0.388 e. The highest BCUT2D eigenvalue weighted by Crippen LogP contribution is 2.39. The van der Waals surface area contributed by atoms with E-state index >= 15 is 0 Å². The highest BCUT2D eigenvalue weighted by Gasteiger charge is 2.40. The van der Waals surface area contributed by atoms with E-state index in [9.17, 15) is 18.3 Å². The van der Waals surface area contributed by atoms with Gasteiger partial charge in [-0.05, 0) is 108 Å². The number of piperidine rings is 2. The SMILES string of the molecule is C[C@@]1(O)CCC[C@H]1n1c(=O)ccc2cnc(Nc3ccc(S(=O)(=O)C4CCN(C5CN(C6CCNCC6)C5)CC4)cc3)nc21. The molecule has 0 radical (unpaired) electrons. The summed E-state index contributed by atoms with van der Waals surface area (Å²) in [6, 6.07) is 10.9. The second kappa shape index (κ2) is 11.8. The first-order valence-corrected chi connectivity index (χ1v) is 17.6. The first-order valence-electron chi connectivity index (χ1n) is 16.1. The Morgan fingerprint density at radius 2 is 1.68 bits per heavy atom. The third-order valence-corrected chi connectivity index (χ3v) is 12.7. The quantitative estimate of drug-likeness (QED) is 0.362. The zero-order chi connectivity index (χ0) is 30.5. The number of likely N-dealkylation sites (tertiary alicyclic amines) is 2. The lowest BCUT2D eigenvalue weighted by Gasteiger charge is -2.51. The topological polar surface area (TPSA) is 133 Å². The minimum Gasteiger partial charge on any atom is -0.388 e. The number of pyridine rings is 1. The van der Waals surface area contributed by atoms with Gasteiger partial charge in [0.1, 0.15) is 5.65 Å². The maximum Gasteiger partial charge on any atom is 0.252 e. The maximum atomic E-state index is 13.5. The third-order valence-electron chi connectivity index (χ3n) is 10.4. The first-order chi connectivity index (χ1) is 21.2. The van der Waals surface area contributed by atoms with Crippen molar-refractivity contribution in [1.82, 2.24) is 29.7 Å². The summed E-state index contributed by atoms with van der Waals surface area (Å²) >= 11 is 0. The lowest BCUT2D eigenvalue weighted by Crippen LogP contribution is -2.64. The van der Waals surface area contributed by atoms with Crippen LogP contribution in [0.1, 0.15) is 57.9 Å². The number of nitrogens with zero attached hydrogens (tertiary/aromatic N) is 5. The second-order valence-corrected chi connectivity index (χ2v) is 15.5. The van der Waals surface area contributed by atoms with Crippen molar-refractivity contribution in [3.05, 3.63) is 52.9 Å². The molecule has 4 aliphatic rings. The van der Waals surface area contributed by atoms with E-state index in [4.69, 9.17) is 0 Å². The van der Waals surface area contributed by atoms with Crippen molar-refractivity contribution < 1.29 is 13.5 Å². The van der Waals surface area contributed by atoms with Crippen LogP contribution < -0.4 is 16.2 Å². The fraction of sp³-hybridized carbons (Fsp3) is 0.594. The van der Waals surface area contributed by atoms with Crippen molar-refractivity contribution in [2.45, 2.75) is 85.7 Å². The van der Waals surface area contributed by atoms with Gasteiger partial charge in [0.25, 0.3) is 5.56 Å². The van der Waals surface area contributed by atoms with Crippen LogP contribution in [0.4, 0.5) is 11.6 Å². The van der Waals surface area contributed by atoms with Gasteiger partial charge in [-0.25, -0.2) is 13.4 Å². The van der Waals surface area contributed by atoms with Gasteiger partial charge >= 0.3 is 0 Å². The first kappa shape index (κ1) is 29.8. The molecular formula is C32H43N7O4S. The lowest BCUT2D eigenvalue weighted by atomic mass is 9.96. The highest BCUT2D eigenvalue weighted by molar-refractivity contribution is 7.92. The summed E-state index contributed by atoms with van der Waals surface area (Å²) < 4.78 is 28.7. The molecular weight excluding hydrogens is 578 g/mol. The molecule has 0 spiro atoms. The fourth-order valence-electron chi connectivity index (χ4n) is 7.73. The van der Waals surface area contributed by atoms with Gasteiger partial charge < -0.3 is 15.7 Å². The van der Waals surface area contributed by atoms with E-state index in [1.165, 1.54) is 18.9 Å². The molecule has 7 rings (SSSR count). The molecule has 0 bridgehead atoms. The summed E-state index contributed by atoms with van der Waals surface area (Å²) in [6.45, 7) is 7.86. The van der Waals surface area contributed by atoms with E-state index < -0.39 is 15.4 Å². The zero-order valence-corrected chi connectivity index (χ0v) is 26.2. The fourth-order valence-corrected chi connectivity index (χ4v) is 9.46. The molecule has 3 saturated heterocycles. The van der Waals surface area contributed by atoms with Crippen LogP contribution >= 0.6 is 0 Å². The van der Waals surface area contributed by atoms with Crippen LogP contribution in [0.25, 0.3) is 11.0 Å². The van der Waals surface area contributed by atoms with E-state index in [0.717, 1.165) is 45.7 Å². The summed E-state index contributed by atoms with van der Waals surface area (Å²) in [6.07, 6.45) is 7.59. The third kappa shape index (κ3) is 5.66. The molecule has 236 valence electrons. The van der Waals surface area contributed by atoms with Crippen molar-refractivity contribution in [3.8, 4) is 0 Å². The van der Waals surface area contributed by atoms with E-state index in [1.54, 1.807) is 48.0 Å². The Hall–Kier alpha value is -2.90. The Morgan fingerprint density at radius 1 is 0.955 bits per heavy atom. The summed E-state index contributed by atoms with van der Waals surface area (Å²) in [4.78, 5) is 27.4. The molecule has 1 saturated carbocycles. The molecule has 44 heavy (non-hydrogen) atoms. The van der Waals surface area contributed by atoms with E-state index in [0.29, 0.717) is 65.3 Å². The summed E-state index contributed by atoms with van der Waals surface area (Å²) in [5.41, 5.74) is -0.0751. The van der Waals surface area contributed by atoms with Crippen molar-refractivity contribution in [1.29, 1.82) is 0 Å². The number of benzene rings is 1. The Balaban J connectivity index is 0.993. The van der Waals surface area contributed by atoms with Crippen LogP contribution in [0.3, 0.4) is 0 Å². The number of rotatable bonds is 7. The minimum absolute atomic E-state index is 0.207. The summed E-state index contributed by atoms with van der Waals surface area (Å²) in [7, 11) is -3.44. The van der Waals surface area contributed by atoms with Gasteiger partial charge in [0.2, 0.25) is 5.95 Å². The van der Waals surface area contributed by atoms with Gasteiger partial charge in [-0.1, -0.05) is 0 Å². The van der Waals surface area contributed by atoms with Gasteiger partial charge in [-0.2, -0.15) is 4.98 Å². The Kier molecular flexibility index (Phi) is 7.98. The number of aromatic nitrogens is 3. The standard InChI is InChI=1S/C32H43N7O4S/c1-32(41)14-2-3-28(32)39-29(40)9-4-22-19-34-31(36-30(22)39)35-23-5-7-26(8-6-23)44(42,43)27-12-17-37(18-13-27)25-20-38(21-25)24-10-15-33-16-11-24/h4-9,19,24-25,27-28,33,41H,2-3,10-18,20-21H2,1H3,(H,34,35,36)/t28-,32-/m1/s1. The smallest absolute Gasteiger partial charge is 0.252 e. The van der Waals surface area contributed by atoms with Crippen LogP contribution in [0.2, 0.25) is 0 Å². The van der Waals surface area contributed by atoms with Crippen molar-refractivity contribution >= 4 is 32.5 Å². The van der Waals surface area contributed by atoms with Crippen LogP contribution in [0, 0.1) is 0 Å². The van der Waals surface area contributed by atoms with Crippen molar-refractivity contribution in [2.75, 3.05) is 44.6 Å². The lowest BCUT2D eigenvalue weighted by molar-refractivity contribution is -0.0105. The predicted octanol–water partition coefficient (Wildman–Crippen LogP) is 2.69. The van der Waals surface area contributed by atoms with Crippen LogP contribution in [-0.4, -0.2) is 100 Å². The number of nitrogens with one attached hydrogen (secondary N) is 2. The molecule has 11 nitrogen and oxygen atoms in total. The Morgan fingerprint density at radius 3 is 2.36 bits per heavy atom. The molecule has 5 heterocycles. The molecule has 3 aliphatic heterocycles. The molecule has 4 fully saturated rings. The molecule has 0 amide bonds. The molecule has 12 heteroatoms. The second-order valence-electron chi connectivity index (χ2n) is 13.3. The number of hydrogen-bond donors (Lipinski definition) is 3. The summed E-state index contributed by atoms with van der Waals surface area (Å²) in [5, 5.41) is 17.9. The zero-order valence-electron chi connectivity index (χ0n) is 25.4. The summed E-state index contributed by atoms with van der Waals surface area (Å²) in [5.74, 6) is 0.298. The van der Waals surface area contributed by atoms with E-state index in [-0.39, 0.29) is 16.9 Å². The van der Waals surface area contributed by atoms with E-state index in [1.807, 2.05) is 0 Å². The van der Waals surface area contributed by atoms with Crippen molar-refractivity contribution in [2.24, 2.45) is 0 Å². The molecule has 1 aliphatic carbocycles.